The van der Waals surface area contributed by atoms with Crippen LogP contribution in [0.25, 0.3) is 0 Å². The molecule has 1 amide bonds. The fraction of sp³-hybridized carbons (Fsp3) is 0.520. The van der Waals surface area contributed by atoms with Crippen molar-refractivity contribution in [1.29, 1.82) is 0 Å². The van der Waals surface area contributed by atoms with Gasteiger partial charge in [-0.15, -0.1) is 0 Å². The molecule has 6 nitrogen and oxygen atoms in total. The normalized spacial score (nSPS) is 20.6. The highest BCUT2D eigenvalue weighted by molar-refractivity contribution is 5.73. The van der Waals surface area contributed by atoms with E-state index >= 15 is 0 Å². The number of rotatable bonds is 8. The molecule has 1 spiro atoms. The van der Waals surface area contributed by atoms with Crippen LogP contribution in [0.15, 0.2) is 36.5 Å². The van der Waals surface area contributed by atoms with Gasteiger partial charge in [-0.2, -0.15) is 0 Å². The van der Waals surface area contributed by atoms with Crippen LogP contribution in [0.4, 0.5) is 4.39 Å². The van der Waals surface area contributed by atoms with Gasteiger partial charge in [0, 0.05) is 37.7 Å². The number of carbonyl (C=O) groups is 1. The largest absolute Gasteiger partial charge is 0.471 e. The van der Waals surface area contributed by atoms with Crippen LogP contribution in [0.1, 0.15) is 62.3 Å². The number of pyridine rings is 1. The lowest BCUT2D eigenvalue weighted by Gasteiger charge is -2.47. The molecule has 7 heteroatoms. The summed E-state index contributed by atoms with van der Waals surface area (Å²) in [6.07, 6.45) is 6.26. The van der Waals surface area contributed by atoms with Crippen LogP contribution in [0.3, 0.4) is 0 Å². The Labute approximate surface area is 188 Å². The fourth-order valence-electron chi connectivity index (χ4n) is 4.70. The Kier molecular flexibility index (Phi) is 6.76. The zero-order valence-electron chi connectivity index (χ0n) is 18.7. The third-order valence-corrected chi connectivity index (χ3v) is 6.64. The molecule has 0 radical (unpaired) electrons. The van der Waals surface area contributed by atoms with Gasteiger partial charge in [0.1, 0.15) is 11.4 Å². The number of hydrogen-bond donors (Lipinski definition) is 3. The molecule has 1 aliphatic heterocycles. The number of aliphatic hydroxyl groups is 1. The van der Waals surface area contributed by atoms with Crippen LogP contribution < -0.4 is 15.4 Å². The van der Waals surface area contributed by atoms with E-state index in [1.54, 1.807) is 12.1 Å². The SMILES string of the molecule is CCc1cnc2c(c1)[C@@H](NC[C@H](O)[C@H](Cc1cccc(F)c1)NC(C)=O)CC1(CCC1)O2. The van der Waals surface area contributed by atoms with Crippen LogP contribution in [0, 0.1) is 5.82 Å². The van der Waals surface area contributed by atoms with Crippen molar-refractivity contribution < 1.29 is 19.0 Å². The van der Waals surface area contributed by atoms with Gasteiger partial charge in [-0.25, -0.2) is 9.37 Å². The number of ether oxygens (including phenoxy) is 1. The van der Waals surface area contributed by atoms with Crippen molar-refractivity contribution in [3.8, 4) is 5.88 Å². The number of fused-ring (bicyclic) bond motifs is 1. The average Bonchev–Trinajstić information content (AvgIpc) is 2.75. The number of hydrogen-bond acceptors (Lipinski definition) is 5. The van der Waals surface area contributed by atoms with Gasteiger partial charge in [-0.05, 0) is 61.4 Å². The summed E-state index contributed by atoms with van der Waals surface area (Å²) in [7, 11) is 0. The van der Waals surface area contributed by atoms with E-state index < -0.39 is 12.1 Å². The molecule has 1 aliphatic carbocycles. The molecule has 2 aromatic rings. The Bertz CT molecular complexity index is 963. The van der Waals surface area contributed by atoms with Gasteiger partial charge in [-0.1, -0.05) is 19.1 Å². The third kappa shape index (κ3) is 5.10. The minimum Gasteiger partial charge on any atom is -0.471 e. The predicted octanol–water partition coefficient (Wildman–Crippen LogP) is 3.23. The van der Waals surface area contributed by atoms with Crippen LogP contribution in [-0.4, -0.2) is 40.3 Å². The van der Waals surface area contributed by atoms with Crippen molar-refractivity contribution >= 4 is 5.91 Å². The van der Waals surface area contributed by atoms with Crippen molar-refractivity contribution in [3.05, 3.63) is 59.0 Å². The highest BCUT2D eigenvalue weighted by Gasteiger charge is 2.46. The van der Waals surface area contributed by atoms with Crippen molar-refractivity contribution in [2.75, 3.05) is 6.54 Å². The number of nitrogens with one attached hydrogen (secondary N) is 2. The summed E-state index contributed by atoms with van der Waals surface area (Å²) in [5.41, 5.74) is 2.72. The Balaban J connectivity index is 1.48. The molecule has 4 rings (SSSR count). The Hall–Kier alpha value is -2.51. The number of benzene rings is 1. The van der Waals surface area contributed by atoms with Crippen LogP contribution >= 0.6 is 0 Å². The maximum atomic E-state index is 13.6. The lowest BCUT2D eigenvalue weighted by molar-refractivity contribution is -0.120. The third-order valence-electron chi connectivity index (χ3n) is 6.64. The van der Waals surface area contributed by atoms with Gasteiger partial charge in [0.05, 0.1) is 12.1 Å². The second-order valence-corrected chi connectivity index (χ2v) is 9.10. The molecule has 3 N–H and O–H groups in total. The Morgan fingerprint density at radius 1 is 1.34 bits per heavy atom. The van der Waals surface area contributed by atoms with Crippen molar-refractivity contribution in [3.63, 3.8) is 0 Å². The first kappa shape index (κ1) is 22.7. The molecule has 0 saturated heterocycles. The first-order valence-corrected chi connectivity index (χ1v) is 11.5. The second kappa shape index (κ2) is 9.55. The highest BCUT2D eigenvalue weighted by Crippen LogP contribution is 2.48. The van der Waals surface area contributed by atoms with Gasteiger partial charge in [0.25, 0.3) is 0 Å². The quantitative estimate of drug-likeness (QED) is 0.586. The number of carbonyl (C=O) groups excluding carboxylic acids is 1. The molecule has 0 unspecified atom stereocenters. The lowest BCUT2D eigenvalue weighted by Crippen LogP contribution is -2.52. The second-order valence-electron chi connectivity index (χ2n) is 9.10. The number of halogens is 1. The number of aliphatic hydroxyl groups excluding tert-OH is 1. The molecule has 3 atom stereocenters. The number of aromatic nitrogens is 1. The average molecular weight is 442 g/mol. The van der Waals surface area contributed by atoms with Crippen molar-refractivity contribution in [2.45, 2.75) is 76.2 Å². The zero-order chi connectivity index (χ0) is 22.7. The summed E-state index contributed by atoms with van der Waals surface area (Å²) in [5, 5.41) is 17.3. The van der Waals surface area contributed by atoms with E-state index in [4.69, 9.17) is 4.74 Å². The first-order valence-electron chi connectivity index (χ1n) is 11.5. The van der Waals surface area contributed by atoms with E-state index in [0.717, 1.165) is 48.8 Å². The Morgan fingerprint density at radius 2 is 2.16 bits per heavy atom. The maximum absolute atomic E-state index is 13.6. The number of nitrogens with zero attached hydrogens (tertiary/aromatic N) is 1. The minimum atomic E-state index is -0.840. The monoisotopic (exact) mass is 441 g/mol. The molecule has 1 aromatic heterocycles. The fourth-order valence-corrected chi connectivity index (χ4v) is 4.70. The summed E-state index contributed by atoms with van der Waals surface area (Å²) < 4.78 is 19.9. The van der Waals surface area contributed by atoms with E-state index in [1.165, 1.54) is 19.1 Å². The molecule has 2 aliphatic rings. The standard InChI is InChI=1S/C25H32FN3O3/c1-3-17-11-20-22(13-25(8-5-9-25)32-24(20)28-14-17)27-15-23(31)21(29-16(2)30)12-18-6-4-7-19(26)10-18/h4,6-7,10-11,14,21-23,27,31H,3,5,8-9,12-13,15H2,1-2H3,(H,29,30)/t21-,22-,23-/m0/s1. The van der Waals surface area contributed by atoms with Crippen LogP contribution in [-0.2, 0) is 17.6 Å². The van der Waals surface area contributed by atoms with E-state index in [2.05, 4.69) is 28.6 Å². The van der Waals surface area contributed by atoms with E-state index in [9.17, 15) is 14.3 Å². The van der Waals surface area contributed by atoms with Crippen molar-refractivity contribution in [2.24, 2.45) is 0 Å². The molecule has 32 heavy (non-hydrogen) atoms. The molecule has 1 saturated carbocycles. The molecule has 0 bridgehead atoms. The molecular formula is C25H32FN3O3. The number of aryl methyl sites for hydroxylation is 1. The maximum Gasteiger partial charge on any atom is 0.218 e. The molecular weight excluding hydrogens is 409 g/mol. The smallest absolute Gasteiger partial charge is 0.218 e. The molecule has 2 heterocycles. The van der Waals surface area contributed by atoms with E-state index in [0.29, 0.717) is 12.3 Å². The predicted molar refractivity (Wildman–Crippen MR) is 120 cm³/mol. The van der Waals surface area contributed by atoms with Gasteiger partial charge in [0.2, 0.25) is 11.8 Å². The molecule has 172 valence electrons. The first-order chi connectivity index (χ1) is 15.4. The highest BCUT2D eigenvalue weighted by atomic mass is 19.1. The lowest BCUT2D eigenvalue weighted by atomic mass is 9.73. The topological polar surface area (TPSA) is 83.5 Å². The summed E-state index contributed by atoms with van der Waals surface area (Å²) in [6.45, 7) is 3.81. The summed E-state index contributed by atoms with van der Waals surface area (Å²) in [5.74, 6) is 0.117. The molecule has 1 fully saturated rings. The van der Waals surface area contributed by atoms with Gasteiger partial charge < -0.3 is 20.5 Å². The van der Waals surface area contributed by atoms with Gasteiger partial charge in [0.15, 0.2) is 0 Å². The van der Waals surface area contributed by atoms with Gasteiger partial charge >= 0.3 is 0 Å². The van der Waals surface area contributed by atoms with Crippen LogP contribution in [0.2, 0.25) is 0 Å². The summed E-state index contributed by atoms with van der Waals surface area (Å²) in [4.78, 5) is 16.3. The van der Waals surface area contributed by atoms with E-state index in [-0.39, 0.29) is 29.9 Å². The minimum absolute atomic E-state index is 0.0137. The molecule has 1 aromatic carbocycles. The number of amides is 1. The van der Waals surface area contributed by atoms with E-state index in [1.807, 2.05) is 6.20 Å². The summed E-state index contributed by atoms with van der Waals surface area (Å²) >= 11 is 0. The van der Waals surface area contributed by atoms with Crippen molar-refractivity contribution in [1.82, 2.24) is 15.6 Å². The van der Waals surface area contributed by atoms with Crippen LogP contribution in [0.5, 0.6) is 5.88 Å². The summed E-state index contributed by atoms with van der Waals surface area (Å²) in [6, 6.07) is 7.86. The van der Waals surface area contributed by atoms with Gasteiger partial charge in [-0.3, -0.25) is 4.79 Å². The Morgan fingerprint density at radius 3 is 2.81 bits per heavy atom. The zero-order valence-corrected chi connectivity index (χ0v) is 18.7.